The summed E-state index contributed by atoms with van der Waals surface area (Å²) in [5.74, 6) is 0. The second kappa shape index (κ2) is 6.61. The Kier molecular flexibility index (Phi) is 4.35. The van der Waals surface area contributed by atoms with Crippen molar-refractivity contribution in [3.63, 3.8) is 0 Å². The highest BCUT2D eigenvalue weighted by Gasteiger charge is 2.33. The number of urea groups is 1. The minimum atomic E-state index is 0.00445. The summed E-state index contributed by atoms with van der Waals surface area (Å²) in [6, 6.07) is 4.54. The van der Waals surface area contributed by atoms with Crippen molar-refractivity contribution in [2.45, 2.75) is 57.5 Å². The van der Waals surface area contributed by atoms with Crippen molar-refractivity contribution >= 4 is 33.8 Å². The highest BCUT2D eigenvalue weighted by atomic mass is 32.1. The van der Waals surface area contributed by atoms with Crippen molar-refractivity contribution in [2.75, 3.05) is 5.32 Å². The van der Waals surface area contributed by atoms with Gasteiger partial charge in [0, 0.05) is 15.8 Å². The quantitative estimate of drug-likeness (QED) is 0.817. The SMILES string of the molecule is O=C(Nc1nc2c(s1)CCCCC2)N(Cc1cccs1)C1CC1. The van der Waals surface area contributed by atoms with Gasteiger partial charge in [-0.2, -0.15) is 0 Å². The van der Waals surface area contributed by atoms with E-state index in [2.05, 4.69) is 21.7 Å². The van der Waals surface area contributed by atoms with Crippen LogP contribution >= 0.6 is 22.7 Å². The molecule has 4 nitrogen and oxygen atoms in total. The van der Waals surface area contributed by atoms with E-state index in [9.17, 15) is 4.79 Å². The predicted molar refractivity (Wildman–Crippen MR) is 95.3 cm³/mol. The first-order valence-electron chi connectivity index (χ1n) is 8.38. The van der Waals surface area contributed by atoms with E-state index in [-0.39, 0.29) is 6.03 Å². The fourth-order valence-electron chi connectivity index (χ4n) is 3.07. The van der Waals surface area contributed by atoms with Gasteiger partial charge in [0.1, 0.15) is 0 Å². The molecule has 0 aromatic carbocycles. The lowest BCUT2D eigenvalue weighted by Crippen LogP contribution is -2.36. The molecule has 23 heavy (non-hydrogen) atoms. The van der Waals surface area contributed by atoms with Crippen LogP contribution in [-0.4, -0.2) is 22.0 Å². The number of carbonyl (C=O) groups is 1. The van der Waals surface area contributed by atoms with Crippen LogP contribution in [0.5, 0.6) is 0 Å². The smallest absolute Gasteiger partial charge is 0.316 e. The molecule has 2 aromatic heterocycles. The number of hydrogen-bond donors (Lipinski definition) is 1. The monoisotopic (exact) mass is 347 g/mol. The van der Waals surface area contributed by atoms with Crippen LogP contribution in [0.4, 0.5) is 9.93 Å². The Morgan fingerprint density at radius 1 is 1.30 bits per heavy atom. The zero-order valence-corrected chi connectivity index (χ0v) is 14.7. The number of amides is 2. The number of aryl methyl sites for hydroxylation is 2. The molecular formula is C17H21N3OS2. The number of thiazole rings is 1. The number of rotatable bonds is 4. The maximum absolute atomic E-state index is 12.7. The fraction of sp³-hybridized carbons (Fsp3) is 0.529. The first kappa shape index (κ1) is 15.1. The summed E-state index contributed by atoms with van der Waals surface area (Å²) < 4.78 is 0. The molecule has 2 aliphatic carbocycles. The lowest BCUT2D eigenvalue weighted by Gasteiger charge is -2.21. The minimum absolute atomic E-state index is 0.00445. The zero-order valence-electron chi connectivity index (χ0n) is 13.1. The second-order valence-electron chi connectivity index (χ2n) is 6.32. The van der Waals surface area contributed by atoms with Crippen LogP contribution in [0.25, 0.3) is 0 Å². The van der Waals surface area contributed by atoms with Gasteiger partial charge in [-0.25, -0.2) is 9.78 Å². The maximum atomic E-state index is 12.7. The van der Waals surface area contributed by atoms with E-state index in [1.807, 2.05) is 11.0 Å². The predicted octanol–water partition coefficient (Wildman–Crippen LogP) is 4.67. The first-order chi connectivity index (χ1) is 11.3. The zero-order chi connectivity index (χ0) is 15.6. The van der Waals surface area contributed by atoms with E-state index in [4.69, 9.17) is 0 Å². The van der Waals surface area contributed by atoms with Gasteiger partial charge in [-0.15, -0.1) is 22.7 Å². The van der Waals surface area contributed by atoms with Gasteiger partial charge in [0.2, 0.25) is 0 Å². The average Bonchev–Trinajstić information content (AvgIpc) is 3.19. The topological polar surface area (TPSA) is 45.2 Å². The van der Waals surface area contributed by atoms with Crippen molar-refractivity contribution < 1.29 is 4.79 Å². The number of thiophene rings is 1. The van der Waals surface area contributed by atoms with E-state index in [0.717, 1.165) is 30.8 Å². The van der Waals surface area contributed by atoms with Crippen LogP contribution in [0.2, 0.25) is 0 Å². The number of nitrogens with one attached hydrogen (secondary N) is 1. The summed E-state index contributed by atoms with van der Waals surface area (Å²) >= 11 is 3.38. The molecule has 122 valence electrons. The largest absolute Gasteiger partial charge is 0.324 e. The van der Waals surface area contributed by atoms with Gasteiger partial charge in [-0.3, -0.25) is 5.32 Å². The molecule has 0 bridgehead atoms. The van der Waals surface area contributed by atoms with Gasteiger partial charge in [-0.1, -0.05) is 12.5 Å². The van der Waals surface area contributed by atoms with Crippen LogP contribution in [-0.2, 0) is 19.4 Å². The third-order valence-electron chi connectivity index (χ3n) is 4.46. The maximum Gasteiger partial charge on any atom is 0.324 e. The molecule has 6 heteroatoms. The van der Waals surface area contributed by atoms with Crippen LogP contribution in [0.15, 0.2) is 17.5 Å². The van der Waals surface area contributed by atoms with Crippen molar-refractivity contribution in [3.8, 4) is 0 Å². The Morgan fingerprint density at radius 2 is 2.17 bits per heavy atom. The van der Waals surface area contributed by atoms with Crippen molar-refractivity contribution in [3.05, 3.63) is 33.0 Å². The molecule has 0 radical (unpaired) electrons. The normalized spacial score (nSPS) is 17.4. The van der Waals surface area contributed by atoms with Gasteiger partial charge in [0.05, 0.1) is 12.2 Å². The van der Waals surface area contributed by atoms with Crippen molar-refractivity contribution in [1.29, 1.82) is 0 Å². The Morgan fingerprint density at radius 3 is 2.96 bits per heavy atom. The lowest BCUT2D eigenvalue weighted by atomic mass is 10.2. The van der Waals surface area contributed by atoms with Crippen LogP contribution in [0.1, 0.15) is 47.6 Å². The molecule has 0 atom stereocenters. The number of aromatic nitrogens is 1. The van der Waals surface area contributed by atoms with Crippen molar-refractivity contribution in [1.82, 2.24) is 9.88 Å². The summed E-state index contributed by atoms with van der Waals surface area (Å²) in [7, 11) is 0. The highest BCUT2D eigenvalue weighted by Crippen LogP contribution is 2.32. The Labute approximate surface area is 144 Å². The minimum Gasteiger partial charge on any atom is -0.316 e. The fourth-order valence-corrected chi connectivity index (χ4v) is 4.81. The van der Waals surface area contributed by atoms with Gasteiger partial charge in [0.25, 0.3) is 0 Å². The molecular weight excluding hydrogens is 326 g/mol. The molecule has 2 amide bonds. The average molecular weight is 348 g/mol. The summed E-state index contributed by atoms with van der Waals surface area (Å²) in [5.41, 5.74) is 1.21. The molecule has 1 N–H and O–H groups in total. The Bertz CT molecular complexity index is 653. The molecule has 0 saturated heterocycles. The molecule has 0 spiro atoms. The molecule has 1 saturated carbocycles. The number of fused-ring (bicyclic) bond motifs is 1. The van der Waals surface area contributed by atoms with E-state index in [1.54, 1.807) is 22.7 Å². The number of nitrogens with zero attached hydrogens (tertiary/aromatic N) is 2. The summed E-state index contributed by atoms with van der Waals surface area (Å²) in [5, 5.41) is 5.89. The Hall–Kier alpha value is -1.40. The van der Waals surface area contributed by atoms with Crippen LogP contribution in [0.3, 0.4) is 0 Å². The van der Waals surface area contributed by atoms with E-state index in [0.29, 0.717) is 12.6 Å². The second-order valence-corrected chi connectivity index (χ2v) is 8.43. The van der Waals surface area contributed by atoms with Crippen LogP contribution in [0, 0.1) is 0 Å². The summed E-state index contributed by atoms with van der Waals surface area (Å²) in [6.07, 6.45) is 8.17. The van der Waals surface area contributed by atoms with E-state index in [1.165, 1.54) is 34.7 Å². The summed E-state index contributed by atoms with van der Waals surface area (Å²) in [6.45, 7) is 0.708. The standard InChI is InChI=1S/C17H21N3OS2/c21-17(20(12-8-9-12)11-13-5-4-10-22-13)19-16-18-14-6-2-1-3-7-15(14)23-16/h4-5,10,12H,1-3,6-9,11H2,(H,18,19,21). The van der Waals surface area contributed by atoms with Crippen LogP contribution < -0.4 is 5.32 Å². The lowest BCUT2D eigenvalue weighted by molar-refractivity contribution is 0.206. The number of carbonyl (C=O) groups excluding carboxylic acids is 1. The third kappa shape index (κ3) is 3.58. The van der Waals surface area contributed by atoms with Gasteiger partial charge >= 0.3 is 6.03 Å². The Balaban J connectivity index is 1.45. The molecule has 0 aliphatic heterocycles. The van der Waals surface area contributed by atoms with Gasteiger partial charge in [0.15, 0.2) is 5.13 Å². The molecule has 1 fully saturated rings. The molecule has 0 unspecified atom stereocenters. The summed E-state index contributed by atoms with van der Waals surface area (Å²) in [4.78, 5) is 21.9. The molecule has 2 aromatic rings. The van der Waals surface area contributed by atoms with Crippen molar-refractivity contribution in [2.24, 2.45) is 0 Å². The van der Waals surface area contributed by atoms with E-state index < -0.39 is 0 Å². The van der Waals surface area contributed by atoms with Gasteiger partial charge < -0.3 is 4.90 Å². The molecule has 4 rings (SSSR count). The van der Waals surface area contributed by atoms with E-state index >= 15 is 0 Å². The number of anilines is 1. The molecule has 2 heterocycles. The highest BCUT2D eigenvalue weighted by molar-refractivity contribution is 7.15. The first-order valence-corrected chi connectivity index (χ1v) is 10.1. The molecule has 2 aliphatic rings. The van der Waals surface area contributed by atoms with Gasteiger partial charge in [-0.05, 0) is 50.0 Å². The number of hydrogen-bond acceptors (Lipinski definition) is 4. The third-order valence-corrected chi connectivity index (χ3v) is 6.40.